The first-order valence-corrected chi connectivity index (χ1v) is 10.8. The summed E-state index contributed by atoms with van der Waals surface area (Å²) in [4.78, 5) is 26.3. The van der Waals surface area contributed by atoms with Gasteiger partial charge in [0.1, 0.15) is 5.75 Å². The molecule has 6 heteroatoms. The van der Waals surface area contributed by atoms with Crippen LogP contribution in [0.15, 0.2) is 73.0 Å². The number of esters is 1. The SMILES string of the molecule is C=C(O)C(=O)Oc1ccccc1-c1nc(-c2ccc(C)cc2C)nc(-c2ccc(C)cc2C)n1. The number of hydrogen-bond acceptors (Lipinski definition) is 6. The minimum absolute atomic E-state index is 0.215. The van der Waals surface area contributed by atoms with E-state index in [0.717, 1.165) is 33.4 Å². The van der Waals surface area contributed by atoms with Gasteiger partial charge in [-0.1, -0.05) is 59.7 Å². The van der Waals surface area contributed by atoms with Crippen molar-refractivity contribution in [2.75, 3.05) is 0 Å². The second kappa shape index (κ2) is 9.27. The fraction of sp³-hybridized carbons (Fsp3) is 0.143. The molecule has 0 spiro atoms. The predicted molar refractivity (Wildman–Crippen MR) is 132 cm³/mol. The average molecular weight is 452 g/mol. The van der Waals surface area contributed by atoms with Crippen molar-refractivity contribution in [3.8, 4) is 39.9 Å². The monoisotopic (exact) mass is 451 g/mol. The van der Waals surface area contributed by atoms with E-state index in [-0.39, 0.29) is 5.75 Å². The minimum atomic E-state index is -0.939. The van der Waals surface area contributed by atoms with E-state index in [2.05, 4.69) is 18.7 Å². The Hall–Kier alpha value is -4.32. The number of rotatable bonds is 5. The molecule has 4 aromatic rings. The molecule has 3 aromatic carbocycles. The van der Waals surface area contributed by atoms with Crippen LogP contribution in [0.4, 0.5) is 0 Å². The summed E-state index contributed by atoms with van der Waals surface area (Å²) in [5.41, 5.74) is 6.65. The summed E-state index contributed by atoms with van der Waals surface area (Å²) in [6.07, 6.45) is 0. The van der Waals surface area contributed by atoms with Crippen LogP contribution >= 0.6 is 0 Å². The van der Waals surface area contributed by atoms with E-state index in [1.54, 1.807) is 24.3 Å². The number of benzene rings is 3. The first kappa shape index (κ1) is 22.9. The Bertz CT molecular complexity index is 1360. The van der Waals surface area contributed by atoms with Gasteiger partial charge < -0.3 is 9.84 Å². The maximum absolute atomic E-state index is 12.0. The number of ether oxygens (including phenoxy) is 1. The number of aryl methyl sites for hydroxylation is 4. The van der Waals surface area contributed by atoms with Crippen molar-refractivity contribution in [1.82, 2.24) is 15.0 Å². The van der Waals surface area contributed by atoms with Gasteiger partial charge in [-0.15, -0.1) is 0 Å². The summed E-state index contributed by atoms with van der Waals surface area (Å²) in [6, 6.07) is 19.1. The normalized spacial score (nSPS) is 10.7. The first-order valence-electron chi connectivity index (χ1n) is 10.8. The van der Waals surface area contributed by atoms with Gasteiger partial charge in [0, 0.05) is 11.1 Å². The Morgan fingerprint density at radius 1 is 0.735 bits per heavy atom. The summed E-state index contributed by atoms with van der Waals surface area (Å²) in [5.74, 6) is -0.0163. The highest BCUT2D eigenvalue weighted by atomic mass is 16.5. The minimum Gasteiger partial charge on any atom is -0.502 e. The molecule has 4 rings (SSSR count). The van der Waals surface area contributed by atoms with Crippen molar-refractivity contribution >= 4 is 5.97 Å². The molecule has 0 aliphatic rings. The lowest BCUT2D eigenvalue weighted by molar-refractivity contribution is -0.132. The molecule has 1 N–H and O–H groups in total. The lowest BCUT2D eigenvalue weighted by atomic mass is 10.0. The van der Waals surface area contributed by atoms with Crippen LogP contribution in [0.2, 0.25) is 0 Å². The first-order chi connectivity index (χ1) is 16.2. The lowest BCUT2D eigenvalue weighted by Crippen LogP contribution is -2.11. The van der Waals surface area contributed by atoms with Gasteiger partial charge in [-0.05, 0) is 57.5 Å². The van der Waals surface area contributed by atoms with Gasteiger partial charge in [0.05, 0.1) is 5.56 Å². The maximum Gasteiger partial charge on any atom is 0.378 e. The number of para-hydroxylation sites is 1. The number of aromatic nitrogens is 3. The summed E-state index contributed by atoms with van der Waals surface area (Å²) < 4.78 is 5.34. The molecular formula is C28H25N3O3. The number of nitrogens with zero attached hydrogens (tertiary/aromatic N) is 3. The second-order valence-electron chi connectivity index (χ2n) is 8.28. The molecule has 0 aliphatic heterocycles. The molecule has 0 fully saturated rings. The maximum atomic E-state index is 12.0. The summed E-state index contributed by atoms with van der Waals surface area (Å²) in [5, 5.41) is 9.42. The molecule has 170 valence electrons. The molecule has 1 aromatic heterocycles. The highest BCUT2D eigenvalue weighted by Gasteiger charge is 2.19. The van der Waals surface area contributed by atoms with Gasteiger partial charge in [-0.2, -0.15) is 0 Å². The number of carbonyl (C=O) groups excluding carboxylic acids is 1. The summed E-state index contributed by atoms with van der Waals surface area (Å²) >= 11 is 0. The zero-order valence-corrected chi connectivity index (χ0v) is 19.6. The Balaban J connectivity index is 1.95. The molecule has 0 atom stereocenters. The van der Waals surface area contributed by atoms with Crippen molar-refractivity contribution < 1.29 is 14.6 Å². The molecule has 0 radical (unpaired) electrons. The lowest BCUT2D eigenvalue weighted by Gasteiger charge is -2.13. The van der Waals surface area contributed by atoms with Gasteiger partial charge in [-0.25, -0.2) is 19.7 Å². The highest BCUT2D eigenvalue weighted by Crippen LogP contribution is 2.32. The van der Waals surface area contributed by atoms with Crippen LogP contribution in [0, 0.1) is 27.7 Å². The Labute approximate surface area is 198 Å². The van der Waals surface area contributed by atoms with Crippen LogP contribution in [0.5, 0.6) is 5.75 Å². The summed E-state index contributed by atoms with van der Waals surface area (Å²) in [7, 11) is 0. The smallest absolute Gasteiger partial charge is 0.378 e. The molecule has 0 saturated carbocycles. The van der Waals surface area contributed by atoms with Crippen molar-refractivity contribution in [1.29, 1.82) is 0 Å². The van der Waals surface area contributed by atoms with Crippen molar-refractivity contribution in [3.63, 3.8) is 0 Å². The molecule has 1 heterocycles. The Morgan fingerprint density at radius 2 is 1.21 bits per heavy atom. The molecule has 6 nitrogen and oxygen atoms in total. The molecule has 0 saturated heterocycles. The van der Waals surface area contributed by atoms with E-state index in [1.165, 1.54) is 0 Å². The van der Waals surface area contributed by atoms with Gasteiger partial charge in [-0.3, -0.25) is 0 Å². The van der Waals surface area contributed by atoms with Crippen molar-refractivity contribution in [2.24, 2.45) is 0 Å². The number of carbonyl (C=O) groups is 1. The van der Waals surface area contributed by atoms with E-state index in [4.69, 9.17) is 19.7 Å². The van der Waals surface area contributed by atoms with E-state index in [0.29, 0.717) is 23.0 Å². The fourth-order valence-corrected chi connectivity index (χ4v) is 3.77. The molecular weight excluding hydrogens is 426 g/mol. The highest BCUT2D eigenvalue weighted by molar-refractivity contribution is 5.88. The third kappa shape index (κ3) is 4.71. The topological polar surface area (TPSA) is 85.2 Å². The molecule has 0 unspecified atom stereocenters. The van der Waals surface area contributed by atoms with E-state index in [9.17, 15) is 9.90 Å². The quantitative estimate of drug-likeness (QED) is 0.171. The predicted octanol–water partition coefficient (Wildman–Crippen LogP) is 6.08. The van der Waals surface area contributed by atoms with Gasteiger partial charge in [0.25, 0.3) is 0 Å². The van der Waals surface area contributed by atoms with Gasteiger partial charge >= 0.3 is 5.97 Å². The zero-order chi connectivity index (χ0) is 24.4. The van der Waals surface area contributed by atoms with Crippen LogP contribution in [0.1, 0.15) is 22.3 Å². The van der Waals surface area contributed by atoms with E-state index < -0.39 is 11.7 Å². The Morgan fingerprint density at radius 3 is 1.68 bits per heavy atom. The third-order valence-electron chi connectivity index (χ3n) is 5.45. The van der Waals surface area contributed by atoms with Crippen molar-refractivity contribution in [3.05, 3.63) is 95.3 Å². The Kier molecular flexibility index (Phi) is 6.23. The van der Waals surface area contributed by atoms with E-state index >= 15 is 0 Å². The molecule has 0 aliphatic carbocycles. The fourth-order valence-electron chi connectivity index (χ4n) is 3.77. The number of aliphatic hydroxyl groups excluding tert-OH is 1. The van der Waals surface area contributed by atoms with Crippen LogP contribution in [-0.4, -0.2) is 26.0 Å². The largest absolute Gasteiger partial charge is 0.502 e. The third-order valence-corrected chi connectivity index (χ3v) is 5.45. The molecule has 34 heavy (non-hydrogen) atoms. The zero-order valence-electron chi connectivity index (χ0n) is 19.6. The summed E-state index contributed by atoms with van der Waals surface area (Å²) in [6.45, 7) is 11.3. The second-order valence-corrected chi connectivity index (χ2v) is 8.28. The van der Waals surface area contributed by atoms with Crippen molar-refractivity contribution in [2.45, 2.75) is 27.7 Å². The molecule has 0 amide bonds. The van der Waals surface area contributed by atoms with Crippen LogP contribution in [0.25, 0.3) is 34.2 Å². The van der Waals surface area contributed by atoms with Crippen LogP contribution in [-0.2, 0) is 4.79 Å². The van der Waals surface area contributed by atoms with E-state index in [1.807, 2.05) is 52.0 Å². The number of hydrogen-bond donors (Lipinski definition) is 1. The van der Waals surface area contributed by atoms with Gasteiger partial charge in [0.2, 0.25) is 0 Å². The average Bonchev–Trinajstić information content (AvgIpc) is 2.79. The van der Waals surface area contributed by atoms with Crippen LogP contribution < -0.4 is 4.74 Å². The number of aliphatic hydroxyl groups is 1. The van der Waals surface area contributed by atoms with Crippen LogP contribution in [0.3, 0.4) is 0 Å². The molecule has 0 bridgehead atoms. The standard InChI is InChI=1S/C28H25N3O3/c1-16-10-12-21(18(3)14-16)25-29-26(22-13-11-17(2)15-19(22)4)31-27(30-25)23-8-6-7-9-24(23)34-28(33)20(5)32/h6-15,32H,5H2,1-4H3. The van der Waals surface area contributed by atoms with Gasteiger partial charge in [0.15, 0.2) is 23.2 Å².